The van der Waals surface area contributed by atoms with Crippen LogP contribution < -0.4 is 11.1 Å². The maximum absolute atomic E-state index is 12.6. The molecule has 0 spiro atoms. The van der Waals surface area contributed by atoms with Gasteiger partial charge in [0.15, 0.2) is 0 Å². The van der Waals surface area contributed by atoms with Crippen LogP contribution >= 0.6 is 0 Å². The van der Waals surface area contributed by atoms with Crippen molar-refractivity contribution in [2.45, 2.75) is 71.4 Å². The number of carbonyl (C=O) groups excluding carboxylic acids is 1. The monoisotopic (exact) mass is 330 g/mol. The summed E-state index contributed by atoms with van der Waals surface area (Å²) in [6.45, 7) is 4.34. The third-order valence-electron chi connectivity index (χ3n) is 6.79. The third kappa shape index (κ3) is 2.72. The minimum Gasteiger partial charge on any atom is -0.384 e. The predicted octanol–water partition coefficient (Wildman–Crippen LogP) is 2.88. The van der Waals surface area contributed by atoms with E-state index in [0.717, 1.165) is 29.9 Å². The number of carbonyl (C=O) groups is 1. The summed E-state index contributed by atoms with van der Waals surface area (Å²) >= 11 is 0. The van der Waals surface area contributed by atoms with Gasteiger partial charge in [-0.05, 0) is 75.0 Å². The molecule has 1 atom stereocenters. The molecule has 4 bridgehead atoms. The number of nitrogens with one attached hydrogen (secondary N) is 1. The molecule has 4 saturated carbocycles. The molecule has 5 heteroatoms. The molecule has 0 unspecified atom stereocenters. The minimum atomic E-state index is 0.0485. The van der Waals surface area contributed by atoms with Gasteiger partial charge >= 0.3 is 0 Å². The number of nitrogens with zero attached hydrogens (tertiary/aromatic N) is 2. The Kier molecular flexibility index (Phi) is 3.85. The van der Waals surface area contributed by atoms with Crippen molar-refractivity contribution < 1.29 is 4.79 Å². The summed E-state index contributed by atoms with van der Waals surface area (Å²) in [6.07, 6.45) is 9.29. The highest BCUT2D eigenvalue weighted by atomic mass is 16.2. The van der Waals surface area contributed by atoms with Gasteiger partial charge in [0.1, 0.15) is 12.4 Å². The molecule has 0 aromatic carbocycles. The van der Waals surface area contributed by atoms with Gasteiger partial charge in [0.2, 0.25) is 5.91 Å². The molecule has 1 amide bonds. The van der Waals surface area contributed by atoms with Crippen molar-refractivity contribution in [3.05, 3.63) is 11.8 Å². The average Bonchev–Trinajstić information content (AvgIpc) is 2.81. The molecule has 5 rings (SSSR count). The topological polar surface area (TPSA) is 72.9 Å². The van der Waals surface area contributed by atoms with E-state index in [4.69, 9.17) is 5.73 Å². The summed E-state index contributed by atoms with van der Waals surface area (Å²) in [6, 6.07) is 2.11. The molecular formula is C19H30N4O. The van der Waals surface area contributed by atoms with Crippen molar-refractivity contribution in [2.75, 3.05) is 5.73 Å². The van der Waals surface area contributed by atoms with Crippen molar-refractivity contribution in [2.24, 2.45) is 23.2 Å². The fourth-order valence-electron chi connectivity index (χ4n) is 6.36. The fraction of sp³-hybridized carbons (Fsp3) is 0.789. The fourth-order valence-corrected chi connectivity index (χ4v) is 6.36. The minimum absolute atomic E-state index is 0.0485. The molecule has 4 aliphatic carbocycles. The Morgan fingerprint density at radius 1 is 1.33 bits per heavy atom. The van der Waals surface area contributed by atoms with Crippen LogP contribution in [0.5, 0.6) is 0 Å². The lowest BCUT2D eigenvalue weighted by Crippen LogP contribution is -2.57. The molecular weight excluding hydrogens is 300 g/mol. The molecule has 1 heterocycles. The molecule has 1 aromatic heterocycles. The van der Waals surface area contributed by atoms with Crippen LogP contribution in [0.25, 0.3) is 0 Å². The first-order valence-electron chi connectivity index (χ1n) is 9.56. The summed E-state index contributed by atoms with van der Waals surface area (Å²) in [7, 11) is 0. The summed E-state index contributed by atoms with van der Waals surface area (Å²) in [5.74, 6) is 3.34. The van der Waals surface area contributed by atoms with Crippen LogP contribution in [0.2, 0.25) is 0 Å². The second kappa shape index (κ2) is 5.78. The van der Waals surface area contributed by atoms with Crippen LogP contribution in [-0.2, 0) is 11.3 Å². The number of amides is 1. The van der Waals surface area contributed by atoms with Gasteiger partial charge in [-0.3, -0.25) is 4.79 Å². The lowest BCUT2D eigenvalue weighted by molar-refractivity contribution is -0.127. The highest BCUT2D eigenvalue weighted by molar-refractivity contribution is 5.76. The molecule has 0 aliphatic heterocycles. The van der Waals surface area contributed by atoms with Crippen molar-refractivity contribution in [3.63, 3.8) is 0 Å². The Labute approximate surface area is 144 Å². The van der Waals surface area contributed by atoms with Gasteiger partial charge in [0.25, 0.3) is 0 Å². The van der Waals surface area contributed by atoms with Crippen LogP contribution in [-0.4, -0.2) is 21.7 Å². The molecule has 4 aliphatic rings. The number of hydrogen-bond acceptors (Lipinski definition) is 3. The molecule has 0 saturated heterocycles. The number of nitrogens with two attached hydrogens (primary N) is 1. The first kappa shape index (κ1) is 16.0. The SMILES string of the molecule is CC[C@H](NC(=O)Cn1nc(C)cc1N)C12CC3CC(CC(C3)C1)C2. The van der Waals surface area contributed by atoms with Crippen molar-refractivity contribution in [3.8, 4) is 0 Å². The normalized spacial score (nSPS) is 35.2. The zero-order valence-corrected chi connectivity index (χ0v) is 14.9. The average molecular weight is 330 g/mol. The maximum Gasteiger partial charge on any atom is 0.242 e. The largest absolute Gasteiger partial charge is 0.384 e. The Hall–Kier alpha value is -1.52. The van der Waals surface area contributed by atoms with Gasteiger partial charge in [0, 0.05) is 12.1 Å². The number of nitrogen functional groups attached to an aromatic ring is 1. The molecule has 1 aromatic rings. The quantitative estimate of drug-likeness (QED) is 0.872. The van der Waals surface area contributed by atoms with Crippen LogP contribution in [0.15, 0.2) is 6.07 Å². The highest BCUT2D eigenvalue weighted by Crippen LogP contribution is 2.61. The maximum atomic E-state index is 12.6. The Balaban J connectivity index is 1.46. The highest BCUT2D eigenvalue weighted by Gasteiger charge is 2.53. The van der Waals surface area contributed by atoms with E-state index >= 15 is 0 Å². The number of anilines is 1. The molecule has 24 heavy (non-hydrogen) atoms. The zero-order valence-electron chi connectivity index (χ0n) is 14.9. The van der Waals surface area contributed by atoms with Gasteiger partial charge in [-0.2, -0.15) is 5.10 Å². The summed E-state index contributed by atoms with van der Waals surface area (Å²) in [5.41, 5.74) is 7.13. The Bertz CT molecular complexity index is 600. The van der Waals surface area contributed by atoms with Crippen LogP contribution in [0.4, 0.5) is 5.82 Å². The van der Waals surface area contributed by atoms with E-state index in [1.54, 1.807) is 4.68 Å². The van der Waals surface area contributed by atoms with Crippen LogP contribution in [0, 0.1) is 30.1 Å². The van der Waals surface area contributed by atoms with E-state index in [1.807, 2.05) is 13.0 Å². The van der Waals surface area contributed by atoms with E-state index in [-0.39, 0.29) is 12.5 Å². The van der Waals surface area contributed by atoms with E-state index < -0.39 is 0 Å². The van der Waals surface area contributed by atoms with E-state index in [9.17, 15) is 4.79 Å². The number of rotatable bonds is 5. The summed E-state index contributed by atoms with van der Waals surface area (Å²) < 4.78 is 1.61. The lowest BCUT2D eigenvalue weighted by Gasteiger charge is -2.59. The zero-order chi connectivity index (χ0) is 16.9. The van der Waals surface area contributed by atoms with Gasteiger partial charge in [-0.25, -0.2) is 4.68 Å². The third-order valence-corrected chi connectivity index (χ3v) is 6.79. The van der Waals surface area contributed by atoms with E-state index in [2.05, 4.69) is 17.3 Å². The summed E-state index contributed by atoms with van der Waals surface area (Å²) in [5, 5.41) is 7.66. The van der Waals surface area contributed by atoms with Gasteiger partial charge in [0.05, 0.1) is 5.69 Å². The smallest absolute Gasteiger partial charge is 0.242 e. The second-order valence-corrected chi connectivity index (χ2v) is 8.68. The first-order chi connectivity index (χ1) is 11.5. The molecule has 132 valence electrons. The van der Waals surface area contributed by atoms with Crippen LogP contribution in [0.1, 0.15) is 57.6 Å². The van der Waals surface area contributed by atoms with E-state index in [1.165, 1.54) is 38.5 Å². The molecule has 0 radical (unpaired) electrons. The number of aromatic nitrogens is 2. The summed E-state index contributed by atoms with van der Waals surface area (Å²) in [4.78, 5) is 12.6. The van der Waals surface area contributed by atoms with Gasteiger partial charge in [-0.15, -0.1) is 0 Å². The van der Waals surface area contributed by atoms with Crippen molar-refractivity contribution in [1.82, 2.24) is 15.1 Å². The van der Waals surface area contributed by atoms with Gasteiger partial charge in [-0.1, -0.05) is 6.92 Å². The van der Waals surface area contributed by atoms with Gasteiger partial charge < -0.3 is 11.1 Å². The standard InChI is InChI=1S/C19H30N4O/c1-3-16(21-18(24)11-23-17(20)4-12(2)22-23)19-8-13-5-14(9-19)7-15(6-13)10-19/h4,13-16H,3,5-11,20H2,1-2H3,(H,21,24)/t13?,14?,15?,16-,19?/m0/s1. The van der Waals surface area contributed by atoms with Crippen molar-refractivity contribution >= 4 is 11.7 Å². The molecule has 5 nitrogen and oxygen atoms in total. The lowest BCUT2D eigenvalue weighted by atomic mass is 9.47. The Morgan fingerprint density at radius 2 is 1.92 bits per heavy atom. The Morgan fingerprint density at radius 3 is 2.38 bits per heavy atom. The number of hydrogen-bond donors (Lipinski definition) is 2. The van der Waals surface area contributed by atoms with Crippen molar-refractivity contribution in [1.29, 1.82) is 0 Å². The van der Waals surface area contributed by atoms with Crippen LogP contribution in [0.3, 0.4) is 0 Å². The first-order valence-corrected chi connectivity index (χ1v) is 9.56. The predicted molar refractivity (Wildman–Crippen MR) is 94.2 cm³/mol. The number of aryl methyl sites for hydroxylation is 1. The molecule has 4 fully saturated rings. The van der Waals surface area contributed by atoms with E-state index in [0.29, 0.717) is 17.3 Å². The molecule has 3 N–H and O–H groups in total. The second-order valence-electron chi connectivity index (χ2n) is 8.68.